The van der Waals surface area contributed by atoms with Gasteiger partial charge in [0.25, 0.3) is 5.91 Å². The van der Waals surface area contributed by atoms with Gasteiger partial charge in [0.1, 0.15) is 0 Å². The van der Waals surface area contributed by atoms with E-state index in [4.69, 9.17) is 0 Å². The number of H-pyrrole nitrogens is 1. The minimum Gasteiger partial charge on any atom is -0.358 e. The molecule has 2 aromatic carbocycles. The van der Waals surface area contributed by atoms with Crippen molar-refractivity contribution in [3.05, 3.63) is 59.3 Å². The molecule has 152 valence electrons. The number of benzene rings is 2. The second kappa shape index (κ2) is 7.31. The lowest BCUT2D eigenvalue weighted by Crippen LogP contribution is -2.33. The topological polar surface area (TPSA) is 82.3 Å². The van der Waals surface area contributed by atoms with Gasteiger partial charge in [-0.15, -0.1) is 0 Å². The fourth-order valence-electron chi connectivity index (χ4n) is 3.97. The number of carbonyl (C=O) groups excluding carboxylic acids is 1. The molecule has 0 bridgehead atoms. The molecule has 1 heterocycles. The van der Waals surface area contributed by atoms with Crippen LogP contribution >= 0.6 is 0 Å². The number of nitrogens with one attached hydrogen (secondary N) is 2. The summed E-state index contributed by atoms with van der Waals surface area (Å²) in [7, 11) is 0.952. The SMILES string of the molecule is CN(C)C1CCc2[nH]c3ccc(NC(=O)c4ccc(S(C)(=O)=O)cc4)cc3c2C1. The summed E-state index contributed by atoms with van der Waals surface area (Å²) in [5, 5.41) is 4.08. The number of likely N-dealkylation sites (N-methyl/N-ethyl adjacent to an activating group) is 1. The Balaban J connectivity index is 1.58. The van der Waals surface area contributed by atoms with E-state index >= 15 is 0 Å². The Morgan fingerprint density at radius 2 is 1.86 bits per heavy atom. The van der Waals surface area contributed by atoms with Gasteiger partial charge in [0.15, 0.2) is 9.84 Å². The number of aromatic nitrogens is 1. The Kier molecular flexibility index (Phi) is 4.96. The van der Waals surface area contributed by atoms with Crippen molar-refractivity contribution in [1.82, 2.24) is 9.88 Å². The summed E-state index contributed by atoms with van der Waals surface area (Å²) in [6.45, 7) is 0. The number of hydrogen-bond donors (Lipinski definition) is 2. The van der Waals surface area contributed by atoms with E-state index in [2.05, 4.69) is 29.3 Å². The van der Waals surface area contributed by atoms with Crippen molar-refractivity contribution >= 4 is 32.3 Å². The molecule has 2 N–H and O–H groups in total. The lowest BCUT2D eigenvalue weighted by atomic mass is 9.91. The van der Waals surface area contributed by atoms with E-state index in [1.54, 1.807) is 0 Å². The smallest absolute Gasteiger partial charge is 0.255 e. The molecule has 0 aliphatic heterocycles. The van der Waals surface area contributed by atoms with Gasteiger partial charge in [-0.3, -0.25) is 4.79 Å². The lowest BCUT2D eigenvalue weighted by Gasteiger charge is -2.28. The number of sulfone groups is 1. The van der Waals surface area contributed by atoms with Gasteiger partial charge >= 0.3 is 0 Å². The zero-order valence-electron chi connectivity index (χ0n) is 16.8. The van der Waals surface area contributed by atoms with E-state index in [0.29, 0.717) is 11.6 Å². The maximum atomic E-state index is 12.6. The molecule has 1 aromatic heterocycles. The maximum absolute atomic E-state index is 12.6. The van der Waals surface area contributed by atoms with E-state index in [1.807, 2.05) is 18.2 Å². The molecule has 0 saturated heterocycles. The third-order valence-electron chi connectivity index (χ3n) is 5.69. The van der Waals surface area contributed by atoms with Crippen LogP contribution in [0, 0.1) is 0 Å². The van der Waals surface area contributed by atoms with Crippen LogP contribution < -0.4 is 5.32 Å². The predicted molar refractivity (Wildman–Crippen MR) is 115 cm³/mol. The van der Waals surface area contributed by atoms with Gasteiger partial charge < -0.3 is 15.2 Å². The van der Waals surface area contributed by atoms with Crippen LogP contribution in [0.5, 0.6) is 0 Å². The van der Waals surface area contributed by atoms with Gasteiger partial charge in [0.05, 0.1) is 4.90 Å². The summed E-state index contributed by atoms with van der Waals surface area (Å²) < 4.78 is 23.2. The Morgan fingerprint density at radius 3 is 2.52 bits per heavy atom. The third-order valence-corrected chi connectivity index (χ3v) is 6.82. The molecule has 7 heteroatoms. The van der Waals surface area contributed by atoms with Crippen LogP contribution in [0.25, 0.3) is 10.9 Å². The van der Waals surface area contributed by atoms with Crippen molar-refractivity contribution in [3.8, 4) is 0 Å². The Morgan fingerprint density at radius 1 is 1.14 bits per heavy atom. The number of anilines is 1. The summed E-state index contributed by atoms with van der Waals surface area (Å²) in [6, 6.07) is 12.4. The molecule has 1 aliphatic carbocycles. The first-order chi connectivity index (χ1) is 13.7. The number of carbonyl (C=O) groups is 1. The van der Waals surface area contributed by atoms with Gasteiger partial charge in [-0.25, -0.2) is 8.42 Å². The summed E-state index contributed by atoms with van der Waals surface area (Å²) in [5.74, 6) is -0.264. The standard InChI is InChI=1S/C22H25N3O3S/c1-25(2)16-7-11-21-19(13-16)18-12-15(6-10-20(18)24-21)23-22(26)14-4-8-17(9-5-14)29(3,27)28/h4-6,8-10,12,16,24H,7,11,13H2,1-3H3,(H,23,26). The highest BCUT2D eigenvalue weighted by Crippen LogP contribution is 2.32. The van der Waals surface area contributed by atoms with Crippen molar-refractivity contribution < 1.29 is 13.2 Å². The minimum absolute atomic E-state index is 0.199. The average Bonchev–Trinajstić information content (AvgIpc) is 3.04. The number of hydrogen-bond acceptors (Lipinski definition) is 4. The van der Waals surface area contributed by atoms with Crippen LogP contribution in [-0.4, -0.2) is 50.6 Å². The zero-order chi connectivity index (χ0) is 20.8. The molecule has 1 atom stereocenters. The average molecular weight is 412 g/mol. The molecule has 6 nitrogen and oxygen atoms in total. The van der Waals surface area contributed by atoms with Crippen LogP contribution in [0.4, 0.5) is 5.69 Å². The van der Waals surface area contributed by atoms with Gasteiger partial charge in [0.2, 0.25) is 0 Å². The second-order valence-electron chi connectivity index (χ2n) is 7.95. The van der Waals surface area contributed by atoms with Gasteiger partial charge in [-0.2, -0.15) is 0 Å². The highest BCUT2D eigenvalue weighted by Gasteiger charge is 2.24. The molecule has 1 unspecified atom stereocenters. The number of aromatic amines is 1. The van der Waals surface area contributed by atoms with Crippen molar-refractivity contribution in [2.45, 2.75) is 30.2 Å². The highest BCUT2D eigenvalue weighted by atomic mass is 32.2. The normalized spacial score (nSPS) is 16.8. The summed E-state index contributed by atoms with van der Waals surface area (Å²) >= 11 is 0. The molecule has 29 heavy (non-hydrogen) atoms. The molecule has 0 fully saturated rings. The van der Waals surface area contributed by atoms with E-state index in [0.717, 1.165) is 42.1 Å². The Bertz CT molecular complexity index is 1180. The quantitative estimate of drug-likeness (QED) is 0.691. The predicted octanol–water partition coefficient (Wildman–Crippen LogP) is 3.24. The van der Waals surface area contributed by atoms with Crippen molar-refractivity contribution in [3.63, 3.8) is 0 Å². The van der Waals surface area contributed by atoms with E-state index in [9.17, 15) is 13.2 Å². The molecular formula is C22H25N3O3S. The Hall–Kier alpha value is -2.64. The number of nitrogens with zero attached hydrogens (tertiary/aromatic N) is 1. The first kappa shape index (κ1) is 19.7. The van der Waals surface area contributed by atoms with Crippen LogP contribution in [0.2, 0.25) is 0 Å². The molecule has 1 aliphatic rings. The highest BCUT2D eigenvalue weighted by molar-refractivity contribution is 7.90. The molecule has 0 radical (unpaired) electrons. The van der Waals surface area contributed by atoms with Crippen molar-refractivity contribution in [1.29, 1.82) is 0 Å². The van der Waals surface area contributed by atoms with Gasteiger partial charge in [-0.1, -0.05) is 0 Å². The van der Waals surface area contributed by atoms with Crippen molar-refractivity contribution in [2.24, 2.45) is 0 Å². The second-order valence-corrected chi connectivity index (χ2v) is 9.97. The molecule has 3 aromatic rings. The molecule has 0 saturated carbocycles. The summed E-state index contributed by atoms with van der Waals surface area (Å²) in [4.78, 5) is 18.6. The van der Waals surface area contributed by atoms with Crippen LogP contribution in [0.3, 0.4) is 0 Å². The molecule has 0 spiro atoms. The van der Waals surface area contributed by atoms with Crippen molar-refractivity contribution in [2.75, 3.05) is 25.7 Å². The maximum Gasteiger partial charge on any atom is 0.255 e. The van der Waals surface area contributed by atoms with E-state index in [1.165, 1.54) is 35.5 Å². The van der Waals surface area contributed by atoms with Gasteiger partial charge in [0, 0.05) is 40.1 Å². The molecular weight excluding hydrogens is 386 g/mol. The van der Waals surface area contributed by atoms with Crippen LogP contribution in [0.15, 0.2) is 47.4 Å². The lowest BCUT2D eigenvalue weighted by molar-refractivity contribution is 0.102. The third kappa shape index (κ3) is 3.93. The van der Waals surface area contributed by atoms with E-state index < -0.39 is 9.84 Å². The largest absolute Gasteiger partial charge is 0.358 e. The molecule has 1 amide bonds. The minimum atomic E-state index is -3.28. The number of amides is 1. The number of rotatable bonds is 4. The fraction of sp³-hybridized carbons (Fsp3) is 0.318. The fourth-order valence-corrected chi connectivity index (χ4v) is 4.60. The monoisotopic (exact) mass is 411 g/mol. The first-order valence-electron chi connectivity index (χ1n) is 9.64. The van der Waals surface area contributed by atoms with Crippen LogP contribution in [-0.2, 0) is 22.7 Å². The number of aryl methyl sites for hydroxylation is 1. The Labute approximate surface area is 170 Å². The summed E-state index contributed by atoms with van der Waals surface area (Å²) in [5.41, 5.74) is 4.85. The molecule has 4 rings (SSSR count). The zero-order valence-corrected chi connectivity index (χ0v) is 17.6. The first-order valence-corrected chi connectivity index (χ1v) is 11.5. The van der Waals surface area contributed by atoms with Gasteiger partial charge in [-0.05, 0) is 81.4 Å². The van der Waals surface area contributed by atoms with Crippen LogP contribution in [0.1, 0.15) is 28.0 Å². The number of fused-ring (bicyclic) bond motifs is 3. The van der Waals surface area contributed by atoms with E-state index in [-0.39, 0.29) is 10.8 Å². The summed E-state index contributed by atoms with van der Waals surface area (Å²) in [6.07, 6.45) is 4.31.